The van der Waals surface area contributed by atoms with Gasteiger partial charge in [-0.2, -0.15) is 9.40 Å². The number of nitrogens with zero attached hydrogens (tertiary/aromatic N) is 6. The van der Waals surface area contributed by atoms with Crippen LogP contribution in [0.3, 0.4) is 0 Å². The average Bonchev–Trinajstić information content (AvgIpc) is 3.32. The molecule has 3 aromatic rings. The third kappa shape index (κ3) is 3.01. The van der Waals surface area contributed by atoms with E-state index in [4.69, 9.17) is 0 Å². The number of hydrogen-bond donors (Lipinski definition) is 1. The van der Waals surface area contributed by atoms with Crippen molar-refractivity contribution < 1.29 is 8.42 Å². The number of aromatic nitrogens is 6. The van der Waals surface area contributed by atoms with Crippen LogP contribution in [0.4, 0.5) is 0 Å². The first-order chi connectivity index (χ1) is 12.6. The van der Waals surface area contributed by atoms with Gasteiger partial charge in [0.05, 0.1) is 12.4 Å². The Hall–Kier alpha value is -2.59. The molecule has 1 saturated heterocycles. The molecule has 1 aliphatic rings. The summed E-state index contributed by atoms with van der Waals surface area (Å²) in [5, 5.41) is 7.23. The lowest BCUT2D eigenvalue weighted by Gasteiger charge is -2.32. The molecule has 4 heterocycles. The summed E-state index contributed by atoms with van der Waals surface area (Å²) in [6.45, 7) is 0.439. The fraction of sp³-hybridized carbons (Fsp3) is 0.375. The average molecular weight is 373 g/mol. The molecule has 1 aliphatic heterocycles. The number of aryl methyl sites for hydroxylation is 1. The lowest BCUT2D eigenvalue weighted by molar-refractivity contribution is 0.246. The number of sulfonamides is 1. The molecule has 26 heavy (non-hydrogen) atoms. The minimum atomic E-state index is -3.69. The number of hydrogen-bond acceptors (Lipinski definition) is 6. The molecule has 1 fully saturated rings. The fourth-order valence-electron chi connectivity index (χ4n) is 3.16. The van der Waals surface area contributed by atoms with E-state index in [1.165, 1.54) is 16.8 Å². The van der Waals surface area contributed by atoms with Gasteiger partial charge < -0.3 is 4.57 Å². The van der Waals surface area contributed by atoms with Crippen molar-refractivity contribution in [1.29, 1.82) is 0 Å². The zero-order chi connectivity index (χ0) is 18.1. The third-order valence-corrected chi connectivity index (χ3v) is 6.26. The van der Waals surface area contributed by atoms with E-state index in [0.29, 0.717) is 24.6 Å². The van der Waals surface area contributed by atoms with E-state index in [2.05, 4.69) is 25.1 Å². The maximum atomic E-state index is 13.0. The van der Waals surface area contributed by atoms with Gasteiger partial charge in [0.15, 0.2) is 10.9 Å². The molecule has 0 saturated carbocycles. The van der Waals surface area contributed by atoms with E-state index in [0.717, 1.165) is 18.4 Å². The van der Waals surface area contributed by atoms with Gasteiger partial charge in [-0.1, -0.05) is 6.42 Å². The Balaban J connectivity index is 1.67. The number of nitrogens with one attached hydrogen (secondary N) is 1. The molecule has 4 rings (SSSR count). The van der Waals surface area contributed by atoms with Gasteiger partial charge in [-0.05, 0) is 25.0 Å². The van der Waals surface area contributed by atoms with Crippen molar-refractivity contribution in [3.05, 3.63) is 42.9 Å². The zero-order valence-electron chi connectivity index (χ0n) is 14.3. The predicted molar refractivity (Wildman–Crippen MR) is 93.3 cm³/mol. The van der Waals surface area contributed by atoms with Crippen LogP contribution < -0.4 is 0 Å². The van der Waals surface area contributed by atoms with Gasteiger partial charge in [0.25, 0.3) is 10.0 Å². The highest BCUT2D eigenvalue weighted by atomic mass is 32.2. The quantitative estimate of drug-likeness (QED) is 0.742. The summed E-state index contributed by atoms with van der Waals surface area (Å²) in [5.74, 6) is 1.08. The summed E-state index contributed by atoms with van der Waals surface area (Å²) in [6, 6.07) is 3.26. The molecule has 0 bridgehead atoms. The van der Waals surface area contributed by atoms with Crippen LogP contribution in [-0.2, 0) is 17.1 Å². The smallest absolute Gasteiger partial charge is 0.262 e. The Labute approximate surface area is 151 Å². The van der Waals surface area contributed by atoms with Gasteiger partial charge >= 0.3 is 0 Å². The van der Waals surface area contributed by atoms with Crippen molar-refractivity contribution in [3.8, 4) is 11.4 Å². The van der Waals surface area contributed by atoms with Crippen LogP contribution in [0.2, 0.25) is 0 Å². The molecule has 0 radical (unpaired) electrons. The van der Waals surface area contributed by atoms with Crippen molar-refractivity contribution >= 4 is 10.0 Å². The highest BCUT2D eigenvalue weighted by molar-refractivity contribution is 7.89. The van der Waals surface area contributed by atoms with E-state index in [1.807, 2.05) is 12.1 Å². The predicted octanol–water partition coefficient (Wildman–Crippen LogP) is 1.52. The molecule has 0 amide bonds. The standard InChI is InChI=1S/C16H19N7O2S/c1-22-10-14(18-11-22)26(24,25)23-9-3-2-4-13(23)16-19-15(20-21-16)12-5-7-17-8-6-12/h5-8,10-11,13H,2-4,9H2,1H3,(H,19,20,21). The number of imidazole rings is 1. The highest BCUT2D eigenvalue weighted by Crippen LogP contribution is 2.34. The van der Waals surface area contributed by atoms with Gasteiger partial charge in [0.2, 0.25) is 0 Å². The SMILES string of the molecule is Cn1cnc(S(=O)(=O)N2CCCCC2c2nc(-c3ccncc3)n[nH]2)c1. The number of H-pyrrole nitrogens is 1. The molecule has 136 valence electrons. The van der Waals surface area contributed by atoms with Gasteiger partial charge in [-0.15, -0.1) is 0 Å². The van der Waals surface area contributed by atoms with Crippen molar-refractivity contribution in [2.75, 3.05) is 6.54 Å². The number of aromatic amines is 1. The van der Waals surface area contributed by atoms with Crippen LogP contribution in [0, 0.1) is 0 Å². The molecule has 0 spiro atoms. The second-order valence-corrected chi connectivity index (χ2v) is 8.12. The van der Waals surface area contributed by atoms with E-state index >= 15 is 0 Å². The lowest BCUT2D eigenvalue weighted by Crippen LogP contribution is -2.39. The first kappa shape index (κ1) is 16.9. The van der Waals surface area contributed by atoms with Crippen molar-refractivity contribution in [3.63, 3.8) is 0 Å². The van der Waals surface area contributed by atoms with Crippen LogP contribution in [0.25, 0.3) is 11.4 Å². The molecule has 10 heteroatoms. The van der Waals surface area contributed by atoms with E-state index in [9.17, 15) is 8.42 Å². The lowest BCUT2D eigenvalue weighted by atomic mass is 10.0. The summed E-state index contributed by atoms with van der Waals surface area (Å²) in [5.41, 5.74) is 0.831. The summed E-state index contributed by atoms with van der Waals surface area (Å²) >= 11 is 0. The Bertz CT molecular complexity index is 997. The molecule has 1 atom stereocenters. The Morgan fingerprint density at radius 3 is 2.77 bits per heavy atom. The zero-order valence-corrected chi connectivity index (χ0v) is 15.1. The normalized spacial score (nSPS) is 18.9. The number of rotatable bonds is 4. The molecule has 9 nitrogen and oxygen atoms in total. The molecule has 1 unspecified atom stereocenters. The monoisotopic (exact) mass is 373 g/mol. The van der Waals surface area contributed by atoms with Crippen LogP contribution >= 0.6 is 0 Å². The molecular weight excluding hydrogens is 354 g/mol. The topological polar surface area (TPSA) is 110 Å². The molecule has 3 aromatic heterocycles. The third-order valence-electron chi connectivity index (χ3n) is 4.46. The minimum absolute atomic E-state index is 0.0563. The molecule has 0 aromatic carbocycles. The van der Waals surface area contributed by atoms with Gasteiger partial charge in [-0.3, -0.25) is 10.1 Å². The molecular formula is C16H19N7O2S. The maximum absolute atomic E-state index is 13.0. The first-order valence-electron chi connectivity index (χ1n) is 8.38. The maximum Gasteiger partial charge on any atom is 0.262 e. The molecule has 0 aliphatic carbocycles. The number of pyridine rings is 1. The van der Waals surface area contributed by atoms with Gasteiger partial charge in [-0.25, -0.2) is 18.4 Å². The second kappa shape index (κ2) is 6.61. The minimum Gasteiger partial charge on any atom is -0.339 e. The Morgan fingerprint density at radius 1 is 1.23 bits per heavy atom. The van der Waals surface area contributed by atoms with E-state index in [1.54, 1.807) is 24.0 Å². The molecule has 1 N–H and O–H groups in total. The van der Waals surface area contributed by atoms with E-state index in [-0.39, 0.29) is 11.1 Å². The second-order valence-electron chi connectivity index (χ2n) is 6.28. The van der Waals surface area contributed by atoms with Crippen molar-refractivity contribution in [2.24, 2.45) is 7.05 Å². The fourth-order valence-corrected chi connectivity index (χ4v) is 4.79. The van der Waals surface area contributed by atoms with E-state index < -0.39 is 10.0 Å². The Kier molecular flexibility index (Phi) is 4.29. The van der Waals surface area contributed by atoms with Crippen molar-refractivity contribution in [2.45, 2.75) is 30.3 Å². The number of piperidine rings is 1. The summed E-state index contributed by atoms with van der Waals surface area (Å²) in [7, 11) is -1.94. The van der Waals surface area contributed by atoms with Gasteiger partial charge in [0, 0.05) is 37.7 Å². The first-order valence-corrected chi connectivity index (χ1v) is 9.82. The van der Waals surface area contributed by atoms with Crippen LogP contribution in [0.1, 0.15) is 31.1 Å². The summed E-state index contributed by atoms with van der Waals surface area (Å²) in [4.78, 5) is 12.5. The highest BCUT2D eigenvalue weighted by Gasteiger charge is 2.37. The van der Waals surface area contributed by atoms with Crippen molar-refractivity contribution in [1.82, 2.24) is 34.0 Å². The summed E-state index contributed by atoms with van der Waals surface area (Å²) < 4.78 is 29.2. The van der Waals surface area contributed by atoms with Gasteiger partial charge in [0.1, 0.15) is 5.82 Å². The van der Waals surface area contributed by atoms with Crippen LogP contribution in [0.15, 0.2) is 42.1 Å². The summed E-state index contributed by atoms with van der Waals surface area (Å²) in [6.07, 6.45) is 8.79. The van der Waals surface area contributed by atoms with Crippen LogP contribution in [-0.4, -0.2) is 49.0 Å². The van der Waals surface area contributed by atoms with Crippen LogP contribution in [0.5, 0.6) is 0 Å². The Morgan fingerprint density at radius 2 is 2.04 bits per heavy atom. The largest absolute Gasteiger partial charge is 0.339 e.